The largest absolute Gasteiger partial charge is 0.387 e. The lowest BCUT2D eigenvalue weighted by Crippen LogP contribution is -2.28. The van der Waals surface area contributed by atoms with E-state index in [4.69, 9.17) is 5.26 Å². The van der Waals surface area contributed by atoms with Gasteiger partial charge in [-0.3, -0.25) is 0 Å². The number of hydrogen-bond acceptors (Lipinski definition) is 4. The zero-order valence-electron chi connectivity index (χ0n) is 13.5. The van der Waals surface area contributed by atoms with Gasteiger partial charge in [-0.2, -0.15) is 5.26 Å². The van der Waals surface area contributed by atoms with E-state index in [1.165, 1.54) is 24.3 Å². The highest BCUT2D eigenvalue weighted by atomic mass is 32.2. The van der Waals surface area contributed by atoms with Crippen molar-refractivity contribution in [3.63, 3.8) is 0 Å². The van der Waals surface area contributed by atoms with E-state index in [1.807, 2.05) is 42.1 Å². The molecule has 0 spiro atoms. The molecule has 128 valence electrons. The third-order valence-corrected chi connectivity index (χ3v) is 5.49. The van der Waals surface area contributed by atoms with Gasteiger partial charge in [0.25, 0.3) is 0 Å². The van der Waals surface area contributed by atoms with Crippen molar-refractivity contribution in [1.29, 1.82) is 5.26 Å². The summed E-state index contributed by atoms with van der Waals surface area (Å²) < 4.78 is 28.9. The molecule has 1 atom stereocenters. The molecule has 0 radical (unpaired) electrons. The summed E-state index contributed by atoms with van der Waals surface area (Å²) in [5.74, 6) is 0. The third kappa shape index (κ3) is 3.56. The number of benzene rings is 2. The van der Waals surface area contributed by atoms with Gasteiger partial charge in [0, 0.05) is 25.3 Å². The second kappa shape index (κ2) is 6.69. The van der Waals surface area contributed by atoms with Crippen LogP contribution in [-0.2, 0) is 17.1 Å². The first kappa shape index (κ1) is 17.2. The molecule has 1 aromatic heterocycles. The highest BCUT2D eigenvalue weighted by molar-refractivity contribution is 7.89. The Morgan fingerprint density at radius 2 is 1.92 bits per heavy atom. The van der Waals surface area contributed by atoms with Crippen molar-refractivity contribution in [2.45, 2.75) is 11.0 Å². The van der Waals surface area contributed by atoms with Crippen LogP contribution in [-0.4, -0.2) is 24.6 Å². The van der Waals surface area contributed by atoms with Crippen molar-refractivity contribution >= 4 is 20.9 Å². The average molecular weight is 355 g/mol. The number of nitrogens with zero attached hydrogens (tertiary/aromatic N) is 2. The first-order valence-corrected chi connectivity index (χ1v) is 9.12. The molecule has 6 nitrogen and oxygen atoms in total. The van der Waals surface area contributed by atoms with Gasteiger partial charge < -0.3 is 9.67 Å². The summed E-state index contributed by atoms with van der Waals surface area (Å²) in [6.45, 7) is -0.138. The number of nitrogens with one attached hydrogen (secondary N) is 1. The van der Waals surface area contributed by atoms with Crippen molar-refractivity contribution < 1.29 is 13.5 Å². The smallest absolute Gasteiger partial charge is 0.240 e. The molecule has 25 heavy (non-hydrogen) atoms. The van der Waals surface area contributed by atoms with Crippen molar-refractivity contribution in [1.82, 2.24) is 9.29 Å². The van der Waals surface area contributed by atoms with Gasteiger partial charge >= 0.3 is 0 Å². The summed E-state index contributed by atoms with van der Waals surface area (Å²) in [5.41, 5.74) is 2.06. The Labute approximate surface area is 146 Å². The summed E-state index contributed by atoms with van der Waals surface area (Å²) in [6, 6.07) is 15.0. The molecule has 0 aliphatic carbocycles. The van der Waals surface area contributed by atoms with Gasteiger partial charge in [-0.1, -0.05) is 6.07 Å². The van der Waals surface area contributed by atoms with Crippen LogP contribution in [0.2, 0.25) is 0 Å². The fourth-order valence-electron chi connectivity index (χ4n) is 2.61. The quantitative estimate of drug-likeness (QED) is 0.732. The molecule has 7 heteroatoms. The highest BCUT2D eigenvalue weighted by Gasteiger charge is 2.17. The number of aromatic nitrogens is 1. The Morgan fingerprint density at radius 3 is 2.60 bits per heavy atom. The summed E-state index contributed by atoms with van der Waals surface area (Å²) >= 11 is 0. The van der Waals surface area contributed by atoms with Crippen LogP contribution >= 0.6 is 0 Å². The number of aryl methyl sites for hydroxylation is 1. The lowest BCUT2D eigenvalue weighted by atomic mass is 10.1. The van der Waals surface area contributed by atoms with E-state index in [0.717, 1.165) is 10.9 Å². The summed E-state index contributed by atoms with van der Waals surface area (Å²) in [6.07, 6.45) is 0.965. The van der Waals surface area contributed by atoms with Gasteiger partial charge in [-0.15, -0.1) is 0 Å². The van der Waals surface area contributed by atoms with Gasteiger partial charge in [-0.25, -0.2) is 13.1 Å². The first-order chi connectivity index (χ1) is 11.9. The number of rotatable bonds is 5. The topological polar surface area (TPSA) is 95.1 Å². The van der Waals surface area contributed by atoms with Crippen LogP contribution in [0.4, 0.5) is 0 Å². The molecular weight excluding hydrogens is 338 g/mol. The highest BCUT2D eigenvalue weighted by Crippen LogP contribution is 2.21. The molecule has 0 saturated carbocycles. The Morgan fingerprint density at radius 1 is 1.20 bits per heavy atom. The summed E-state index contributed by atoms with van der Waals surface area (Å²) in [4.78, 5) is 0.0530. The van der Waals surface area contributed by atoms with Crippen molar-refractivity contribution in [3.05, 3.63) is 65.9 Å². The molecule has 1 unspecified atom stereocenters. The van der Waals surface area contributed by atoms with Gasteiger partial charge in [0.1, 0.15) is 0 Å². The number of fused-ring (bicyclic) bond motifs is 1. The maximum atomic E-state index is 12.3. The third-order valence-electron chi connectivity index (χ3n) is 4.05. The van der Waals surface area contributed by atoms with Crippen LogP contribution in [0.5, 0.6) is 0 Å². The molecule has 3 aromatic rings. The zero-order valence-corrected chi connectivity index (χ0v) is 14.4. The van der Waals surface area contributed by atoms with Crippen LogP contribution in [0.3, 0.4) is 0 Å². The first-order valence-electron chi connectivity index (χ1n) is 7.63. The van der Waals surface area contributed by atoms with Gasteiger partial charge in [0.2, 0.25) is 10.0 Å². The molecule has 0 aliphatic heterocycles. The van der Waals surface area contributed by atoms with E-state index < -0.39 is 16.1 Å². The minimum Gasteiger partial charge on any atom is -0.387 e. The second-order valence-corrected chi connectivity index (χ2v) is 7.52. The Kier molecular flexibility index (Phi) is 4.59. The Balaban J connectivity index is 1.73. The van der Waals surface area contributed by atoms with E-state index in [2.05, 4.69) is 4.72 Å². The molecule has 2 N–H and O–H groups in total. The van der Waals surface area contributed by atoms with Crippen molar-refractivity contribution in [2.75, 3.05) is 6.54 Å². The molecule has 0 aliphatic rings. The summed E-state index contributed by atoms with van der Waals surface area (Å²) in [5, 5.41) is 20.0. The van der Waals surface area contributed by atoms with E-state index in [0.29, 0.717) is 11.1 Å². The van der Waals surface area contributed by atoms with E-state index in [9.17, 15) is 13.5 Å². The van der Waals surface area contributed by atoms with Gasteiger partial charge in [0.15, 0.2) is 0 Å². The number of aliphatic hydroxyl groups is 1. The molecule has 0 bridgehead atoms. The molecule has 0 fully saturated rings. The van der Waals surface area contributed by atoms with Crippen molar-refractivity contribution in [2.24, 2.45) is 7.05 Å². The maximum Gasteiger partial charge on any atom is 0.240 e. The predicted octanol–water partition coefficient (Wildman–Crippen LogP) is 2.06. The number of aliphatic hydroxyl groups excluding tert-OH is 1. The van der Waals surface area contributed by atoms with Crippen LogP contribution in [0.15, 0.2) is 59.6 Å². The Bertz CT molecular complexity index is 1050. The predicted molar refractivity (Wildman–Crippen MR) is 94.2 cm³/mol. The van der Waals surface area contributed by atoms with Gasteiger partial charge in [0.05, 0.1) is 22.6 Å². The molecule has 1 heterocycles. The normalized spacial score (nSPS) is 12.8. The molecule has 2 aromatic carbocycles. The number of nitriles is 1. The van der Waals surface area contributed by atoms with E-state index in [1.54, 1.807) is 6.07 Å². The fourth-order valence-corrected chi connectivity index (χ4v) is 3.64. The number of hydrogen-bond donors (Lipinski definition) is 2. The molecule has 0 amide bonds. The fraction of sp³-hybridized carbons (Fsp3) is 0.167. The van der Waals surface area contributed by atoms with Crippen LogP contribution in [0, 0.1) is 11.3 Å². The van der Waals surface area contributed by atoms with Crippen LogP contribution < -0.4 is 4.72 Å². The molecule has 0 saturated heterocycles. The average Bonchev–Trinajstić information content (AvgIpc) is 3.00. The van der Waals surface area contributed by atoms with Crippen molar-refractivity contribution in [3.8, 4) is 6.07 Å². The monoisotopic (exact) mass is 355 g/mol. The number of sulfonamides is 1. The van der Waals surface area contributed by atoms with E-state index >= 15 is 0 Å². The second-order valence-electron chi connectivity index (χ2n) is 5.75. The lowest BCUT2D eigenvalue weighted by Gasteiger charge is -2.13. The minimum atomic E-state index is -3.75. The summed E-state index contributed by atoms with van der Waals surface area (Å²) in [7, 11) is -1.82. The SMILES string of the molecule is Cn1ccc2cc(C(O)CNS(=O)(=O)c3ccc(C#N)cc3)ccc21. The zero-order chi connectivity index (χ0) is 18.0. The van der Waals surface area contributed by atoms with Crippen LogP contribution in [0.1, 0.15) is 17.2 Å². The maximum absolute atomic E-state index is 12.3. The van der Waals surface area contributed by atoms with Gasteiger partial charge in [-0.05, 0) is 53.4 Å². The molecular formula is C18H17N3O3S. The standard InChI is InChI=1S/C18H17N3O3S/c1-21-9-8-14-10-15(4-7-17(14)21)18(22)12-20-25(23,24)16-5-2-13(11-19)3-6-16/h2-10,18,20,22H,12H2,1H3. The molecule has 3 rings (SSSR count). The Hall–Kier alpha value is -2.66. The van der Waals surface area contributed by atoms with Crippen LogP contribution in [0.25, 0.3) is 10.9 Å². The minimum absolute atomic E-state index is 0.0530. The van der Waals surface area contributed by atoms with E-state index in [-0.39, 0.29) is 11.4 Å². The lowest BCUT2D eigenvalue weighted by molar-refractivity contribution is 0.182.